The van der Waals surface area contributed by atoms with Crippen LogP contribution in [0.4, 0.5) is 0 Å². The average molecular weight is 199 g/mol. The number of nitrogens with zero attached hydrogens (tertiary/aromatic N) is 1. The summed E-state index contributed by atoms with van der Waals surface area (Å²) in [7, 11) is 4.01. The molecule has 1 saturated heterocycles. The molecule has 2 fully saturated rings. The topological polar surface area (TPSA) is 12.5 Å². The van der Waals surface area contributed by atoms with Crippen LogP contribution in [0.1, 0.15) is 39.5 Å². The van der Waals surface area contributed by atoms with E-state index in [-0.39, 0.29) is 0 Å². The van der Waals surface area contributed by atoms with E-state index in [2.05, 4.69) is 25.8 Å². The van der Waals surface area contributed by atoms with Crippen LogP contribution in [0, 0.1) is 5.41 Å². The molecule has 84 valence electrons. The van der Waals surface area contributed by atoms with Crippen molar-refractivity contribution in [3.63, 3.8) is 0 Å². The van der Waals surface area contributed by atoms with Gasteiger partial charge in [-0.1, -0.05) is 26.7 Å². The molecule has 0 unspecified atom stereocenters. The fraction of sp³-hybridized carbons (Fsp3) is 1.00. The third-order valence-electron chi connectivity index (χ3n) is 3.37. The van der Waals surface area contributed by atoms with Crippen molar-refractivity contribution >= 4 is 0 Å². The average Bonchev–Trinajstić information content (AvgIpc) is 2.09. The van der Waals surface area contributed by atoms with Gasteiger partial charge >= 0.3 is 0 Å². The summed E-state index contributed by atoms with van der Waals surface area (Å²) >= 11 is 0. The Labute approximate surface area is 88.6 Å². The maximum absolute atomic E-state index is 5.23. The molecule has 1 saturated carbocycles. The van der Waals surface area contributed by atoms with E-state index in [1.807, 2.05) is 7.11 Å². The minimum absolute atomic E-state index is 0.578. The summed E-state index contributed by atoms with van der Waals surface area (Å²) in [4.78, 5) is 2.38. The van der Waals surface area contributed by atoms with E-state index in [9.17, 15) is 0 Å². The second-order valence-corrected chi connectivity index (χ2v) is 4.94. The van der Waals surface area contributed by atoms with E-state index < -0.39 is 0 Å². The SMILES string of the molecule is CCCC.COC1CC2(C1)CN(C)C2. The highest BCUT2D eigenvalue weighted by Gasteiger charge is 2.51. The molecule has 0 atom stereocenters. The van der Waals surface area contributed by atoms with Gasteiger partial charge in [0, 0.05) is 25.6 Å². The highest BCUT2D eigenvalue weighted by molar-refractivity contribution is 5.03. The Morgan fingerprint density at radius 2 is 1.71 bits per heavy atom. The predicted octanol–water partition coefficient (Wildman–Crippen LogP) is 2.53. The Morgan fingerprint density at radius 1 is 1.21 bits per heavy atom. The Kier molecular flexibility index (Phi) is 4.39. The lowest BCUT2D eigenvalue weighted by Gasteiger charge is -2.57. The third-order valence-corrected chi connectivity index (χ3v) is 3.37. The number of rotatable bonds is 2. The molecule has 2 heteroatoms. The van der Waals surface area contributed by atoms with Gasteiger partial charge in [0.05, 0.1) is 6.10 Å². The second-order valence-electron chi connectivity index (χ2n) is 4.94. The van der Waals surface area contributed by atoms with Gasteiger partial charge in [-0.2, -0.15) is 0 Å². The van der Waals surface area contributed by atoms with Crippen LogP contribution < -0.4 is 0 Å². The summed E-state index contributed by atoms with van der Waals surface area (Å²) in [6.07, 6.45) is 5.82. The highest BCUT2D eigenvalue weighted by atomic mass is 16.5. The molecule has 0 aromatic heterocycles. The molecule has 1 spiro atoms. The zero-order valence-electron chi connectivity index (χ0n) is 10.2. The largest absolute Gasteiger partial charge is 0.381 e. The van der Waals surface area contributed by atoms with Gasteiger partial charge in [-0.05, 0) is 19.9 Å². The van der Waals surface area contributed by atoms with Crippen LogP contribution in [-0.2, 0) is 4.74 Å². The van der Waals surface area contributed by atoms with Crippen LogP contribution in [0.25, 0.3) is 0 Å². The van der Waals surface area contributed by atoms with E-state index in [1.54, 1.807) is 0 Å². The third kappa shape index (κ3) is 2.71. The lowest BCUT2D eigenvalue weighted by atomic mass is 9.62. The van der Waals surface area contributed by atoms with Crippen molar-refractivity contribution in [2.24, 2.45) is 5.41 Å². The molecule has 2 nitrogen and oxygen atoms in total. The van der Waals surface area contributed by atoms with Crippen LogP contribution in [0.3, 0.4) is 0 Å². The second kappa shape index (κ2) is 5.13. The summed E-state index contributed by atoms with van der Waals surface area (Å²) in [6, 6.07) is 0. The molecule has 0 radical (unpaired) electrons. The number of likely N-dealkylation sites (tertiary alicyclic amines) is 1. The van der Waals surface area contributed by atoms with Gasteiger partial charge in [0.25, 0.3) is 0 Å². The maximum atomic E-state index is 5.23. The van der Waals surface area contributed by atoms with Crippen molar-refractivity contribution in [1.82, 2.24) is 4.90 Å². The van der Waals surface area contributed by atoms with Crippen molar-refractivity contribution in [3.05, 3.63) is 0 Å². The molecular formula is C12H25NO. The van der Waals surface area contributed by atoms with Gasteiger partial charge in [-0.3, -0.25) is 0 Å². The first kappa shape index (κ1) is 12.0. The van der Waals surface area contributed by atoms with Gasteiger partial charge in [0.2, 0.25) is 0 Å². The molecule has 0 bridgehead atoms. The van der Waals surface area contributed by atoms with Crippen LogP contribution >= 0.6 is 0 Å². The number of methoxy groups -OCH3 is 1. The first-order chi connectivity index (χ1) is 6.65. The fourth-order valence-electron chi connectivity index (χ4n) is 2.43. The Bertz CT molecular complexity index is 154. The summed E-state index contributed by atoms with van der Waals surface area (Å²) in [5, 5.41) is 0. The monoisotopic (exact) mass is 199 g/mol. The van der Waals surface area contributed by atoms with Crippen molar-refractivity contribution < 1.29 is 4.74 Å². The quantitative estimate of drug-likeness (QED) is 0.677. The molecule has 1 aliphatic heterocycles. The maximum Gasteiger partial charge on any atom is 0.0583 e. The van der Waals surface area contributed by atoms with Gasteiger partial charge < -0.3 is 9.64 Å². The molecular weight excluding hydrogens is 174 g/mol. The first-order valence-electron chi connectivity index (χ1n) is 5.87. The zero-order chi connectivity index (χ0) is 10.6. The van der Waals surface area contributed by atoms with Crippen LogP contribution in [-0.4, -0.2) is 38.3 Å². The van der Waals surface area contributed by atoms with E-state index in [4.69, 9.17) is 4.74 Å². The minimum Gasteiger partial charge on any atom is -0.381 e. The molecule has 0 aromatic carbocycles. The van der Waals surface area contributed by atoms with E-state index in [0.29, 0.717) is 11.5 Å². The van der Waals surface area contributed by atoms with Gasteiger partial charge in [-0.15, -0.1) is 0 Å². The Balaban J connectivity index is 0.000000213. The van der Waals surface area contributed by atoms with Gasteiger partial charge in [0.15, 0.2) is 0 Å². The fourth-order valence-corrected chi connectivity index (χ4v) is 2.43. The van der Waals surface area contributed by atoms with Gasteiger partial charge in [0.1, 0.15) is 0 Å². The number of unbranched alkanes of at least 4 members (excludes halogenated alkanes) is 1. The normalized spacial score (nSPS) is 24.9. The lowest BCUT2D eigenvalue weighted by molar-refractivity contribution is -0.132. The Hall–Kier alpha value is -0.0800. The molecule has 1 heterocycles. The number of ether oxygens (including phenoxy) is 1. The lowest BCUT2D eigenvalue weighted by Crippen LogP contribution is -2.62. The van der Waals surface area contributed by atoms with Crippen molar-refractivity contribution in [2.75, 3.05) is 27.2 Å². The van der Waals surface area contributed by atoms with Crippen LogP contribution in [0.2, 0.25) is 0 Å². The summed E-state index contributed by atoms with van der Waals surface area (Å²) in [6.45, 7) is 6.96. The van der Waals surface area contributed by atoms with Crippen molar-refractivity contribution in [1.29, 1.82) is 0 Å². The number of hydrogen-bond acceptors (Lipinski definition) is 2. The molecule has 2 rings (SSSR count). The smallest absolute Gasteiger partial charge is 0.0583 e. The summed E-state index contributed by atoms with van der Waals surface area (Å²) < 4.78 is 5.23. The summed E-state index contributed by atoms with van der Waals surface area (Å²) in [5.74, 6) is 0. The van der Waals surface area contributed by atoms with Crippen molar-refractivity contribution in [2.45, 2.75) is 45.6 Å². The first-order valence-corrected chi connectivity index (χ1v) is 5.87. The molecule has 14 heavy (non-hydrogen) atoms. The van der Waals surface area contributed by atoms with Gasteiger partial charge in [-0.25, -0.2) is 0 Å². The van der Waals surface area contributed by atoms with E-state index >= 15 is 0 Å². The van der Waals surface area contributed by atoms with Crippen LogP contribution in [0.15, 0.2) is 0 Å². The minimum atomic E-state index is 0.578. The predicted molar refractivity (Wildman–Crippen MR) is 60.5 cm³/mol. The van der Waals surface area contributed by atoms with E-state index in [1.165, 1.54) is 38.8 Å². The molecule has 0 N–H and O–H groups in total. The molecule has 1 aliphatic carbocycles. The molecule has 0 amide bonds. The highest BCUT2D eigenvalue weighted by Crippen LogP contribution is 2.48. The number of hydrogen-bond donors (Lipinski definition) is 0. The van der Waals surface area contributed by atoms with Crippen LogP contribution in [0.5, 0.6) is 0 Å². The Morgan fingerprint density at radius 3 is 2.00 bits per heavy atom. The molecule has 2 aliphatic rings. The van der Waals surface area contributed by atoms with E-state index in [0.717, 1.165) is 0 Å². The molecule has 0 aromatic rings. The standard InChI is InChI=1S/C8H15NO.C4H10/c1-9-5-8(6-9)3-7(4-8)10-2;1-3-4-2/h7H,3-6H2,1-2H3;3-4H2,1-2H3. The zero-order valence-corrected chi connectivity index (χ0v) is 10.2. The summed E-state index contributed by atoms with van der Waals surface area (Å²) in [5.41, 5.74) is 0.690. The van der Waals surface area contributed by atoms with Crippen molar-refractivity contribution in [3.8, 4) is 0 Å².